The number of amides is 2. The van der Waals surface area contributed by atoms with Gasteiger partial charge in [0, 0.05) is 6.54 Å². The number of imidazole rings is 1. The first-order valence-corrected chi connectivity index (χ1v) is 10.8. The Labute approximate surface area is 188 Å². The number of aromatic nitrogens is 2. The van der Waals surface area contributed by atoms with Crippen LogP contribution in [-0.4, -0.2) is 29.7 Å². The van der Waals surface area contributed by atoms with Gasteiger partial charge in [0.15, 0.2) is 0 Å². The van der Waals surface area contributed by atoms with Crippen LogP contribution in [0.4, 0.5) is 4.79 Å². The van der Waals surface area contributed by atoms with Crippen molar-refractivity contribution in [3.05, 3.63) is 95.3 Å². The molecule has 0 aliphatic carbocycles. The van der Waals surface area contributed by atoms with E-state index >= 15 is 0 Å². The second-order valence-corrected chi connectivity index (χ2v) is 7.88. The largest absolute Gasteiger partial charge is 0.497 e. The third kappa shape index (κ3) is 5.46. The van der Waals surface area contributed by atoms with Gasteiger partial charge in [-0.15, -0.1) is 0 Å². The van der Waals surface area contributed by atoms with Crippen LogP contribution < -0.4 is 15.4 Å². The predicted molar refractivity (Wildman–Crippen MR) is 127 cm³/mol. The highest BCUT2D eigenvalue weighted by Gasteiger charge is 2.19. The number of para-hydroxylation sites is 2. The van der Waals surface area contributed by atoms with E-state index in [1.165, 1.54) is 11.1 Å². The lowest BCUT2D eigenvalue weighted by molar-refractivity contribution is 0.236. The van der Waals surface area contributed by atoms with Crippen molar-refractivity contribution in [3.63, 3.8) is 0 Å². The van der Waals surface area contributed by atoms with Crippen molar-refractivity contribution in [2.24, 2.45) is 0 Å². The van der Waals surface area contributed by atoms with Crippen LogP contribution in [0.3, 0.4) is 0 Å². The van der Waals surface area contributed by atoms with Crippen molar-refractivity contribution in [1.82, 2.24) is 20.6 Å². The van der Waals surface area contributed by atoms with E-state index in [1.807, 2.05) is 48.5 Å². The highest BCUT2D eigenvalue weighted by Crippen LogP contribution is 2.21. The summed E-state index contributed by atoms with van der Waals surface area (Å²) < 4.78 is 5.25. The van der Waals surface area contributed by atoms with Crippen molar-refractivity contribution in [2.75, 3.05) is 13.7 Å². The first kappa shape index (κ1) is 21.4. The molecule has 2 amide bonds. The van der Waals surface area contributed by atoms with Gasteiger partial charge in [-0.2, -0.15) is 0 Å². The van der Waals surface area contributed by atoms with Crippen molar-refractivity contribution in [1.29, 1.82) is 0 Å². The molecule has 1 atom stereocenters. The summed E-state index contributed by atoms with van der Waals surface area (Å²) in [6.45, 7) is 2.63. The molecule has 1 aromatic heterocycles. The van der Waals surface area contributed by atoms with Gasteiger partial charge in [0.2, 0.25) is 0 Å². The van der Waals surface area contributed by atoms with Gasteiger partial charge in [0.05, 0.1) is 24.2 Å². The Morgan fingerprint density at radius 1 is 1.00 bits per heavy atom. The minimum absolute atomic E-state index is 0.212. The molecule has 4 aromatic rings. The number of nitrogens with zero attached hydrogens (tertiary/aromatic N) is 1. The lowest BCUT2D eigenvalue weighted by Gasteiger charge is -2.18. The number of carbonyl (C=O) groups excluding carboxylic acids is 1. The molecule has 1 heterocycles. The zero-order chi connectivity index (χ0) is 22.3. The van der Waals surface area contributed by atoms with E-state index in [9.17, 15) is 4.79 Å². The molecule has 32 heavy (non-hydrogen) atoms. The van der Waals surface area contributed by atoms with Gasteiger partial charge < -0.3 is 20.4 Å². The maximum Gasteiger partial charge on any atom is 0.315 e. The van der Waals surface area contributed by atoms with Gasteiger partial charge in [-0.1, -0.05) is 54.1 Å². The molecule has 0 saturated carbocycles. The molecule has 6 heteroatoms. The monoisotopic (exact) mass is 428 g/mol. The van der Waals surface area contributed by atoms with Crippen LogP contribution in [0, 0.1) is 6.92 Å². The molecule has 0 spiro atoms. The van der Waals surface area contributed by atoms with Crippen LogP contribution in [0.25, 0.3) is 11.0 Å². The normalized spacial score (nSPS) is 11.8. The van der Waals surface area contributed by atoms with Gasteiger partial charge in [-0.05, 0) is 55.2 Å². The first-order valence-electron chi connectivity index (χ1n) is 10.8. The van der Waals surface area contributed by atoms with Crippen LogP contribution in [0.2, 0.25) is 0 Å². The molecular formula is C26H28N4O2. The van der Waals surface area contributed by atoms with Gasteiger partial charge >= 0.3 is 6.03 Å². The minimum Gasteiger partial charge on any atom is -0.497 e. The molecular weight excluding hydrogens is 400 g/mol. The number of aromatic amines is 1. The number of hydrogen-bond donors (Lipinski definition) is 3. The van der Waals surface area contributed by atoms with E-state index in [0.717, 1.165) is 34.6 Å². The molecule has 6 nitrogen and oxygen atoms in total. The second kappa shape index (κ2) is 10.0. The first-order chi connectivity index (χ1) is 15.6. The maximum absolute atomic E-state index is 12.7. The molecule has 0 fully saturated rings. The summed E-state index contributed by atoms with van der Waals surface area (Å²) in [5, 5.41) is 6.06. The molecule has 0 aliphatic rings. The molecule has 164 valence electrons. The molecule has 0 aliphatic heterocycles. The summed E-state index contributed by atoms with van der Waals surface area (Å²) in [7, 11) is 1.65. The van der Waals surface area contributed by atoms with Gasteiger partial charge in [0.25, 0.3) is 0 Å². The Kier molecular flexibility index (Phi) is 6.70. The third-order valence-electron chi connectivity index (χ3n) is 5.46. The summed E-state index contributed by atoms with van der Waals surface area (Å²) >= 11 is 0. The van der Waals surface area contributed by atoms with Gasteiger partial charge in [-0.3, -0.25) is 0 Å². The summed E-state index contributed by atoms with van der Waals surface area (Å²) in [6.07, 6.45) is 1.39. The lowest BCUT2D eigenvalue weighted by atomic mass is 10.1. The predicted octanol–water partition coefficient (Wildman–Crippen LogP) is 4.71. The number of nitrogens with one attached hydrogen (secondary N) is 3. The van der Waals surface area contributed by atoms with Crippen molar-refractivity contribution < 1.29 is 9.53 Å². The number of rotatable bonds is 8. The second-order valence-electron chi connectivity index (χ2n) is 7.88. The standard InChI is InChI=1S/C26H28N4O2/c1-18-7-9-19(10-8-18)15-16-27-26(31)30-24(17-20-11-13-21(32-2)14-12-20)25-28-22-5-3-4-6-23(22)29-25/h3-14,24H,15-17H2,1-2H3,(H,28,29)(H2,27,30,31)/t24-/m1/s1. The topological polar surface area (TPSA) is 79.0 Å². The average Bonchev–Trinajstić information content (AvgIpc) is 3.25. The van der Waals surface area contributed by atoms with Crippen molar-refractivity contribution >= 4 is 17.1 Å². The Balaban J connectivity index is 1.45. The molecule has 3 aromatic carbocycles. The number of H-pyrrole nitrogens is 1. The fraction of sp³-hybridized carbons (Fsp3) is 0.231. The number of carbonyl (C=O) groups is 1. The summed E-state index contributed by atoms with van der Waals surface area (Å²) in [4.78, 5) is 20.8. The molecule has 0 saturated heterocycles. The Hall–Kier alpha value is -3.80. The third-order valence-corrected chi connectivity index (χ3v) is 5.46. The van der Waals surface area contributed by atoms with Gasteiger partial charge in [0.1, 0.15) is 11.6 Å². The summed E-state index contributed by atoms with van der Waals surface area (Å²) in [6, 6.07) is 23.6. The number of ether oxygens (including phenoxy) is 1. The minimum atomic E-state index is -0.296. The summed E-state index contributed by atoms with van der Waals surface area (Å²) in [5.41, 5.74) is 5.33. The highest BCUT2D eigenvalue weighted by molar-refractivity contribution is 5.76. The van der Waals surface area contributed by atoms with Crippen LogP contribution in [0.15, 0.2) is 72.8 Å². The zero-order valence-corrected chi connectivity index (χ0v) is 18.4. The van der Waals surface area contributed by atoms with Crippen molar-refractivity contribution in [3.8, 4) is 5.75 Å². The molecule has 0 bridgehead atoms. The lowest BCUT2D eigenvalue weighted by Crippen LogP contribution is -2.40. The maximum atomic E-state index is 12.7. The van der Waals surface area contributed by atoms with Crippen molar-refractivity contribution in [2.45, 2.75) is 25.8 Å². The van der Waals surface area contributed by atoms with Crippen LogP contribution >= 0.6 is 0 Å². The number of methoxy groups -OCH3 is 1. The van der Waals surface area contributed by atoms with Gasteiger partial charge in [-0.25, -0.2) is 9.78 Å². The van der Waals surface area contributed by atoms with Crippen LogP contribution in [0.5, 0.6) is 5.75 Å². The molecule has 0 unspecified atom stereocenters. The number of fused-ring (bicyclic) bond motifs is 1. The SMILES string of the molecule is COc1ccc(C[C@@H](NC(=O)NCCc2ccc(C)cc2)c2nc3ccccc3[nH]2)cc1. The average molecular weight is 429 g/mol. The molecule has 4 rings (SSSR count). The van der Waals surface area contributed by atoms with E-state index in [4.69, 9.17) is 9.72 Å². The fourth-order valence-corrected chi connectivity index (χ4v) is 3.64. The van der Waals surface area contributed by atoms with E-state index in [1.54, 1.807) is 7.11 Å². The number of aryl methyl sites for hydroxylation is 1. The van der Waals surface area contributed by atoms with Crippen LogP contribution in [-0.2, 0) is 12.8 Å². The smallest absolute Gasteiger partial charge is 0.315 e. The van der Waals surface area contributed by atoms with E-state index < -0.39 is 0 Å². The summed E-state index contributed by atoms with van der Waals surface area (Å²) in [5.74, 6) is 1.53. The fourth-order valence-electron chi connectivity index (χ4n) is 3.64. The van der Waals surface area contributed by atoms with E-state index in [2.05, 4.69) is 46.8 Å². The quantitative estimate of drug-likeness (QED) is 0.380. The zero-order valence-electron chi connectivity index (χ0n) is 18.4. The Morgan fingerprint density at radius 3 is 2.44 bits per heavy atom. The number of hydrogen-bond acceptors (Lipinski definition) is 3. The highest BCUT2D eigenvalue weighted by atomic mass is 16.5. The van der Waals surface area contributed by atoms with E-state index in [-0.39, 0.29) is 12.1 Å². The van der Waals surface area contributed by atoms with E-state index in [0.29, 0.717) is 13.0 Å². The number of benzene rings is 3. The van der Waals surface area contributed by atoms with Crippen LogP contribution in [0.1, 0.15) is 28.6 Å². The Morgan fingerprint density at radius 2 is 1.72 bits per heavy atom. The molecule has 0 radical (unpaired) electrons. The Bertz CT molecular complexity index is 1130. The number of urea groups is 1. The molecule has 3 N–H and O–H groups in total.